The Morgan fingerprint density at radius 2 is 1.66 bits per heavy atom. The van der Waals surface area contributed by atoms with Gasteiger partial charge in [0.05, 0.1) is 16.3 Å². The first-order valence-corrected chi connectivity index (χ1v) is 12.4. The molecule has 0 saturated heterocycles. The molecule has 0 spiro atoms. The molecule has 3 aromatic carbocycles. The number of rotatable bonds is 7. The molecule has 0 aliphatic rings. The first kappa shape index (κ1) is 23.9. The smallest absolute Gasteiger partial charge is 0.264 e. The van der Waals surface area contributed by atoms with Gasteiger partial charge in [-0.15, -0.1) is 0 Å². The van der Waals surface area contributed by atoms with Crippen molar-refractivity contribution in [1.29, 1.82) is 0 Å². The van der Waals surface area contributed by atoms with Crippen molar-refractivity contribution >= 4 is 49.9 Å². The summed E-state index contributed by atoms with van der Waals surface area (Å²) in [5.41, 5.74) is 6.24. The highest BCUT2D eigenvalue weighted by molar-refractivity contribution is 14.1. The van der Waals surface area contributed by atoms with Crippen LogP contribution in [-0.2, 0) is 14.8 Å². The molecule has 0 radical (unpaired) electrons. The fraction of sp³-hybridized carbons (Fsp3) is 0.167. The minimum atomic E-state index is -3.96. The van der Waals surface area contributed by atoms with Crippen LogP contribution < -0.4 is 9.73 Å². The van der Waals surface area contributed by atoms with E-state index in [9.17, 15) is 13.2 Å². The van der Waals surface area contributed by atoms with Crippen LogP contribution in [0.4, 0.5) is 5.69 Å². The average molecular weight is 561 g/mol. The maximum Gasteiger partial charge on any atom is 0.264 e. The Bertz CT molecular complexity index is 1260. The number of hydrogen-bond donors (Lipinski definition) is 1. The van der Waals surface area contributed by atoms with E-state index in [1.165, 1.54) is 0 Å². The quantitative estimate of drug-likeness (QED) is 0.259. The number of nitrogens with one attached hydrogen (secondary N) is 1. The molecule has 0 bridgehead atoms. The SMILES string of the molecule is C/C(=N/NC(=O)CN(c1cccc(C)c1)S(=O)(=O)c1ccc(C)cc1)c1cccc(I)c1. The van der Waals surface area contributed by atoms with Gasteiger partial charge in [-0.3, -0.25) is 9.10 Å². The Balaban J connectivity index is 1.88. The van der Waals surface area contributed by atoms with E-state index in [2.05, 4.69) is 33.1 Å². The number of amides is 1. The lowest BCUT2D eigenvalue weighted by Gasteiger charge is -2.24. The molecule has 0 unspecified atom stereocenters. The van der Waals surface area contributed by atoms with Crippen LogP contribution in [0.15, 0.2) is 82.8 Å². The number of hydrazone groups is 1. The number of carbonyl (C=O) groups is 1. The number of nitrogens with zero attached hydrogens (tertiary/aromatic N) is 2. The summed E-state index contributed by atoms with van der Waals surface area (Å²) in [6, 6.07) is 21.3. The van der Waals surface area contributed by atoms with E-state index < -0.39 is 22.5 Å². The molecular weight excluding hydrogens is 537 g/mol. The van der Waals surface area contributed by atoms with Gasteiger partial charge >= 0.3 is 0 Å². The number of anilines is 1. The van der Waals surface area contributed by atoms with Crippen LogP contribution in [0, 0.1) is 17.4 Å². The normalized spacial score (nSPS) is 11.8. The van der Waals surface area contributed by atoms with E-state index in [0.717, 1.165) is 24.6 Å². The maximum absolute atomic E-state index is 13.4. The molecule has 166 valence electrons. The van der Waals surface area contributed by atoms with Crippen molar-refractivity contribution in [2.24, 2.45) is 5.10 Å². The highest BCUT2D eigenvalue weighted by Gasteiger charge is 2.27. The Kier molecular flexibility index (Phi) is 7.68. The third kappa shape index (κ3) is 5.95. The Morgan fingerprint density at radius 3 is 2.31 bits per heavy atom. The summed E-state index contributed by atoms with van der Waals surface area (Å²) in [4.78, 5) is 12.8. The van der Waals surface area contributed by atoms with Gasteiger partial charge in [-0.25, -0.2) is 13.8 Å². The van der Waals surface area contributed by atoms with Crippen molar-refractivity contribution in [1.82, 2.24) is 5.43 Å². The van der Waals surface area contributed by atoms with Crippen molar-refractivity contribution in [2.45, 2.75) is 25.7 Å². The molecule has 0 aromatic heterocycles. The summed E-state index contributed by atoms with van der Waals surface area (Å²) >= 11 is 2.21. The van der Waals surface area contributed by atoms with Crippen molar-refractivity contribution in [3.63, 3.8) is 0 Å². The molecule has 0 atom stereocenters. The molecule has 0 heterocycles. The molecule has 0 aliphatic heterocycles. The number of benzene rings is 3. The fourth-order valence-electron chi connectivity index (χ4n) is 3.03. The van der Waals surface area contributed by atoms with Crippen LogP contribution in [0.5, 0.6) is 0 Å². The molecule has 3 aromatic rings. The second-order valence-corrected chi connectivity index (χ2v) is 10.5. The molecule has 0 fully saturated rings. The van der Waals surface area contributed by atoms with Gasteiger partial charge in [-0.05, 0) is 90.9 Å². The number of hydrogen-bond acceptors (Lipinski definition) is 4. The predicted octanol–water partition coefficient (Wildman–Crippen LogP) is 4.64. The molecule has 8 heteroatoms. The van der Waals surface area contributed by atoms with Crippen LogP contribution in [0.3, 0.4) is 0 Å². The first-order valence-electron chi connectivity index (χ1n) is 9.92. The molecule has 6 nitrogen and oxygen atoms in total. The van der Waals surface area contributed by atoms with Crippen molar-refractivity contribution < 1.29 is 13.2 Å². The predicted molar refractivity (Wildman–Crippen MR) is 136 cm³/mol. The standard InChI is InChI=1S/C24H24IN3O3S/c1-17-10-12-23(13-11-17)32(30,31)28(22-9-4-6-18(2)14-22)16-24(29)27-26-19(3)20-7-5-8-21(25)15-20/h4-15H,16H2,1-3H3,(H,27,29)/b26-19-. The van der Waals surface area contributed by atoms with Crippen molar-refractivity contribution in [3.05, 3.63) is 93.1 Å². The van der Waals surface area contributed by atoms with Gasteiger partial charge in [0.25, 0.3) is 15.9 Å². The lowest BCUT2D eigenvalue weighted by atomic mass is 10.1. The van der Waals surface area contributed by atoms with E-state index in [1.807, 2.05) is 44.2 Å². The number of sulfonamides is 1. The topological polar surface area (TPSA) is 78.8 Å². The second-order valence-electron chi connectivity index (χ2n) is 7.41. The molecule has 0 aliphatic carbocycles. The average Bonchev–Trinajstić information content (AvgIpc) is 2.76. The maximum atomic E-state index is 13.4. The van der Waals surface area contributed by atoms with Gasteiger partial charge in [-0.1, -0.05) is 42.0 Å². The molecule has 3 rings (SSSR count). The molecule has 1 N–H and O–H groups in total. The van der Waals surface area contributed by atoms with E-state index in [-0.39, 0.29) is 4.90 Å². The summed E-state index contributed by atoms with van der Waals surface area (Å²) in [5, 5.41) is 4.16. The van der Waals surface area contributed by atoms with Crippen LogP contribution in [0.1, 0.15) is 23.6 Å². The highest BCUT2D eigenvalue weighted by Crippen LogP contribution is 2.24. The summed E-state index contributed by atoms with van der Waals surface area (Å²) in [5.74, 6) is -0.535. The third-order valence-electron chi connectivity index (χ3n) is 4.78. The summed E-state index contributed by atoms with van der Waals surface area (Å²) in [6.45, 7) is 5.14. The first-order chi connectivity index (χ1) is 15.2. The van der Waals surface area contributed by atoms with Gasteiger partial charge in [-0.2, -0.15) is 5.10 Å². The summed E-state index contributed by atoms with van der Waals surface area (Å²) in [6.07, 6.45) is 0. The summed E-state index contributed by atoms with van der Waals surface area (Å²) < 4.78 is 29.0. The van der Waals surface area contributed by atoms with Gasteiger partial charge < -0.3 is 0 Å². The molecule has 1 amide bonds. The Hall–Kier alpha value is -2.72. The number of aryl methyl sites for hydroxylation is 2. The van der Waals surface area contributed by atoms with Gasteiger partial charge in [0.1, 0.15) is 6.54 Å². The molecular formula is C24H24IN3O3S. The minimum Gasteiger partial charge on any atom is -0.271 e. The molecule has 32 heavy (non-hydrogen) atoms. The minimum absolute atomic E-state index is 0.121. The monoisotopic (exact) mass is 561 g/mol. The van der Waals surface area contributed by atoms with Crippen LogP contribution >= 0.6 is 22.6 Å². The van der Waals surface area contributed by atoms with Crippen molar-refractivity contribution in [2.75, 3.05) is 10.8 Å². The highest BCUT2D eigenvalue weighted by atomic mass is 127. The second kappa shape index (κ2) is 10.3. The largest absolute Gasteiger partial charge is 0.271 e. The van der Waals surface area contributed by atoms with Gasteiger partial charge in [0.15, 0.2) is 0 Å². The zero-order valence-corrected chi connectivity index (χ0v) is 21.0. The van der Waals surface area contributed by atoms with E-state index in [0.29, 0.717) is 11.4 Å². The van der Waals surface area contributed by atoms with E-state index in [4.69, 9.17) is 0 Å². The van der Waals surface area contributed by atoms with Crippen LogP contribution in [-0.4, -0.2) is 26.6 Å². The van der Waals surface area contributed by atoms with E-state index in [1.54, 1.807) is 49.4 Å². The number of halogens is 1. The van der Waals surface area contributed by atoms with Crippen molar-refractivity contribution in [3.8, 4) is 0 Å². The lowest BCUT2D eigenvalue weighted by Crippen LogP contribution is -2.39. The van der Waals surface area contributed by atoms with Crippen LogP contribution in [0.2, 0.25) is 0 Å². The fourth-order valence-corrected chi connectivity index (χ4v) is 4.98. The van der Waals surface area contributed by atoms with Gasteiger partial charge in [0, 0.05) is 3.57 Å². The zero-order valence-electron chi connectivity index (χ0n) is 18.0. The third-order valence-corrected chi connectivity index (χ3v) is 7.24. The Labute approximate surface area is 202 Å². The molecule has 0 saturated carbocycles. The number of carbonyl (C=O) groups excluding carboxylic acids is 1. The van der Waals surface area contributed by atoms with Crippen LogP contribution in [0.25, 0.3) is 0 Å². The van der Waals surface area contributed by atoms with E-state index >= 15 is 0 Å². The summed E-state index contributed by atoms with van der Waals surface area (Å²) in [7, 11) is -3.96. The Morgan fingerprint density at radius 1 is 0.969 bits per heavy atom. The lowest BCUT2D eigenvalue weighted by molar-refractivity contribution is -0.119. The zero-order chi connectivity index (χ0) is 23.3. The van der Waals surface area contributed by atoms with Gasteiger partial charge in [0.2, 0.25) is 0 Å².